The highest BCUT2D eigenvalue weighted by molar-refractivity contribution is 7.80. The molecule has 2 rings (SSSR count). The Morgan fingerprint density at radius 2 is 1.86 bits per heavy atom. The Kier molecular flexibility index (Phi) is 11.3. The van der Waals surface area contributed by atoms with Crippen molar-refractivity contribution in [1.29, 1.82) is 5.41 Å². The fourth-order valence-corrected chi connectivity index (χ4v) is 2.41. The number of nitrogens with two attached hydrogens (primary N) is 1. The lowest BCUT2D eigenvalue weighted by Gasteiger charge is -2.26. The Labute approximate surface area is 180 Å². The van der Waals surface area contributed by atoms with E-state index in [-0.39, 0.29) is 1.43 Å². The third-order valence-electron chi connectivity index (χ3n) is 4.22. The van der Waals surface area contributed by atoms with Gasteiger partial charge >= 0.3 is 0 Å². The summed E-state index contributed by atoms with van der Waals surface area (Å²) in [5, 5.41) is 7.65. The predicted molar refractivity (Wildman–Crippen MR) is 126 cm³/mol. The number of hydrogen-bond donors (Lipinski definition) is 2. The van der Waals surface area contributed by atoms with Crippen LogP contribution in [-0.2, 0) is 0 Å². The zero-order chi connectivity index (χ0) is 21.6. The fraction of sp³-hybridized carbons (Fsp3) is 0.429. The molecule has 29 heavy (non-hydrogen) atoms. The summed E-state index contributed by atoms with van der Waals surface area (Å²) in [4.78, 5) is 12.1. The molecule has 0 unspecified atom stereocenters. The van der Waals surface area contributed by atoms with Crippen LogP contribution in [0, 0.1) is 12.3 Å². The molecule has 2 aromatic rings. The molecule has 0 saturated heterocycles. The number of ether oxygens (including phenoxy) is 1. The van der Waals surface area contributed by atoms with Crippen molar-refractivity contribution in [2.24, 2.45) is 5.73 Å². The first-order valence-corrected chi connectivity index (χ1v) is 9.99. The minimum atomic E-state index is 0. The van der Waals surface area contributed by atoms with Crippen molar-refractivity contribution in [2.45, 2.75) is 27.2 Å². The van der Waals surface area contributed by atoms with E-state index in [9.17, 15) is 0 Å². The molecular weight excluding hydrogens is 384 g/mol. The highest BCUT2D eigenvalue weighted by Crippen LogP contribution is 2.14. The lowest BCUT2D eigenvalue weighted by atomic mass is 10.3. The maximum Gasteiger partial charge on any atom is 0.166 e. The van der Waals surface area contributed by atoms with Crippen molar-refractivity contribution in [3.8, 4) is 5.75 Å². The van der Waals surface area contributed by atoms with Crippen LogP contribution in [-0.4, -0.2) is 59.0 Å². The Balaban J connectivity index is 0.000000553. The molecule has 0 aliphatic heterocycles. The summed E-state index contributed by atoms with van der Waals surface area (Å²) in [6, 6.07) is 5.92. The van der Waals surface area contributed by atoms with Gasteiger partial charge in [0.1, 0.15) is 5.75 Å². The topological polar surface area (TPSA) is 91.4 Å². The van der Waals surface area contributed by atoms with Crippen LogP contribution in [0.2, 0.25) is 0 Å². The highest BCUT2D eigenvalue weighted by atomic mass is 32.1. The number of pyridine rings is 2. The van der Waals surface area contributed by atoms with Gasteiger partial charge in [0.25, 0.3) is 0 Å². The normalized spacial score (nSPS) is 9.79. The minimum Gasteiger partial charge on any atom is -0.491 e. The quantitative estimate of drug-likeness (QED) is 0.475. The average molecular weight is 419 g/mol. The first kappa shape index (κ1) is 24.3. The van der Waals surface area contributed by atoms with Gasteiger partial charge in [-0.1, -0.05) is 0 Å². The van der Waals surface area contributed by atoms with E-state index in [1.807, 2.05) is 37.1 Å². The molecule has 8 heteroatoms. The van der Waals surface area contributed by atoms with Gasteiger partial charge < -0.3 is 25.7 Å². The molecule has 160 valence electrons. The largest absolute Gasteiger partial charge is 0.491 e. The standard InChI is InChI=1S/C11H18N4S.C10H14N2O.H2/c1-3-15(9-8-14(2)11(12)16)10-4-6-13-7-5-10;1-8-3-5-12-7-10(8)13-6-4-9(2)11;/h4-7H,3,8-9H2,1-2H3,(H2,12,16);3,5,7,11H,4,6H2,1-2H3;1H. The number of likely N-dealkylation sites (N-methyl/N-ethyl adjacent to an activating group) is 2. The molecule has 0 fully saturated rings. The van der Waals surface area contributed by atoms with Crippen LogP contribution in [0.1, 0.15) is 27.3 Å². The first-order valence-electron chi connectivity index (χ1n) is 9.58. The number of rotatable bonds is 9. The monoisotopic (exact) mass is 418 g/mol. The van der Waals surface area contributed by atoms with Gasteiger partial charge in [-0.25, -0.2) is 0 Å². The number of nitrogens with zero attached hydrogens (tertiary/aromatic N) is 4. The van der Waals surface area contributed by atoms with Crippen molar-refractivity contribution in [3.63, 3.8) is 0 Å². The van der Waals surface area contributed by atoms with E-state index >= 15 is 0 Å². The Morgan fingerprint density at radius 1 is 1.21 bits per heavy atom. The number of thiocarbonyl (C=S) groups is 1. The smallest absolute Gasteiger partial charge is 0.166 e. The number of aromatic nitrogens is 2. The van der Waals surface area contributed by atoms with Crippen LogP contribution in [0.4, 0.5) is 5.69 Å². The van der Waals surface area contributed by atoms with Gasteiger partial charge in [-0.05, 0) is 56.8 Å². The summed E-state index contributed by atoms with van der Waals surface area (Å²) in [5.74, 6) is 0.809. The molecule has 0 aliphatic rings. The minimum absolute atomic E-state index is 0. The van der Waals surface area contributed by atoms with E-state index in [0.717, 1.165) is 30.9 Å². The van der Waals surface area contributed by atoms with Crippen LogP contribution >= 0.6 is 12.2 Å². The van der Waals surface area contributed by atoms with Crippen molar-refractivity contribution in [1.82, 2.24) is 14.9 Å². The zero-order valence-electron chi connectivity index (χ0n) is 17.8. The van der Waals surface area contributed by atoms with Crippen LogP contribution in [0.15, 0.2) is 43.0 Å². The summed E-state index contributed by atoms with van der Waals surface area (Å²) in [7, 11) is 1.91. The van der Waals surface area contributed by atoms with Crippen LogP contribution in [0.25, 0.3) is 0 Å². The van der Waals surface area contributed by atoms with E-state index in [1.54, 1.807) is 31.7 Å². The second kappa shape index (κ2) is 13.4. The molecule has 0 amide bonds. The molecule has 0 atom stereocenters. The lowest BCUT2D eigenvalue weighted by Crippen LogP contribution is -2.38. The Hall–Kier alpha value is -2.74. The number of aryl methyl sites for hydroxylation is 1. The molecule has 0 spiro atoms. The lowest BCUT2D eigenvalue weighted by molar-refractivity contribution is 0.325. The maximum absolute atomic E-state index is 7.22. The van der Waals surface area contributed by atoms with Crippen molar-refractivity contribution in [3.05, 3.63) is 48.5 Å². The third kappa shape index (κ3) is 9.84. The molecule has 2 heterocycles. The van der Waals surface area contributed by atoms with Gasteiger partial charge in [0.15, 0.2) is 5.11 Å². The van der Waals surface area contributed by atoms with Gasteiger partial charge in [0.05, 0.1) is 12.8 Å². The SMILES string of the molecule is CC(=N)CCOc1cnccc1C.CCN(CCN(C)C(N)=S)c1ccncc1.[HH]. The van der Waals surface area contributed by atoms with E-state index in [2.05, 4.69) is 21.8 Å². The predicted octanol–water partition coefficient (Wildman–Crippen LogP) is 3.53. The Bertz CT molecular complexity index is 762. The van der Waals surface area contributed by atoms with E-state index in [4.69, 9.17) is 28.1 Å². The first-order chi connectivity index (χ1) is 13.8. The molecule has 0 aliphatic carbocycles. The molecule has 0 aromatic carbocycles. The van der Waals surface area contributed by atoms with Gasteiger partial charge in [-0.3, -0.25) is 9.97 Å². The van der Waals surface area contributed by atoms with E-state index in [0.29, 0.717) is 23.9 Å². The summed E-state index contributed by atoms with van der Waals surface area (Å²) in [6.45, 7) is 9.12. The van der Waals surface area contributed by atoms with Crippen LogP contribution in [0.3, 0.4) is 0 Å². The number of anilines is 1. The van der Waals surface area contributed by atoms with Gasteiger partial charge in [0.2, 0.25) is 0 Å². The summed E-state index contributed by atoms with van der Waals surface area (Å²) in [6.07, 6.45) is 7.72. The maximum atomic E-state index is 7.22. The van der Waals surface area contributed by atoms with Gasteiger partial charge in [0, 0.05) is 64.5 Å². The summed E-state index contributed by atoms with van der Waals surface area (Å²) in [5.41, 5.74) is 8.43. The zero-order valence-corrected chi connectivity index (χ0v) is 18.6. The van der Waals surface area contributed by atoms with Gasteiger partial charge in [-0.15, -0.1) is 0 Å². The van der Waals surface area contributed by atoms with Crippen molar-refractivity contribution in [2.75, 3.05) is 38.2 Å². The molecule has 3 N–H and O–H groups in total. The second-order valence-corrected chi connectivity index (χ2v) is 6.98. The van der Waals surface area contributed by atoms with E-state index < -0.39 is 0 Å². The molecule has 0 bridgehead atoms. The molecule has 2 aromatic heterocycles. The molecule has 7 nitrogen and oxygen atoms in total. The van der Waals surface area contributed by atoms with Crippen molar-refractivity contribution < 1.29 is 6.16 Å². The Morgan fingerprint density at radius 3 is 2.41 bits per heavy atom. The van der Waals surface area contributed by atoms with Crippen LogP contribution in [0.5, 0.6) is 5.75 Å². The summed E-state index contributed by atoms with van der Waals surface area (Å²) >= 11 is 4.90. The third-order valence-corrected chi connectivity index (χ3v) is 4.53. The van der Waals surface area contributed by atoms with Gasteiger partial charge in [-0.2, -0.15) is 0 Å². The second-order valence-electron chi connectivity index (χ2n) is 6.56. The molecule has 0 radical (unpaired) electrons. The highest BCUT2D eigenvalue weighted by Gasteiger charge is 2.06. The van der Waals surface area contributed by atoms with Crippen LogP contribution < -0.4 is 15.4 Å². The molecular formula is C21H34N6OS. The fourth-order valence-electron chi connectivity index (χ4n) is 2.32. The van der Waals surface area contributed by atoms with E-state index in [1.165, 1.54) is 5.69 Å². The molecule has 0 saturated carbocycles. The number of nitrogens with one attached hydrogen (secondary N) is 1. The van der Waals surface area contributed by atoms with Crippen molar-refractivity contribution >= 4 is 28.7 Å². The summed E-state index contributed by atoms with van der Waals surface area (Å²) < 4.78 is 5.44. The average Bonchev–Trinajstić information content (AvgIpc) is 2.71. The number of hydrogen-bond acceptors (Lipinski definition) is 6.